The van der Waals surface area contributed by atoms with Gasteiger partial charge in [0.2, 0.25) is 0 Å². The SMILES string of the molecule is Cc1ccc(CNC(=O)c2cccn(-c3ccc(NC(=O)c4ccccc4C)cc3)c2=O)cc1. The summed E-state index contributed by atoms with van der Waals surface area (Å²) in [7, 11) is 0. The smallest absolute Gasteiger partial charge is 0.267 e. The van der Waals surface area contributed by atoms with E-state index in [0.717, 1.165) is 16.7 Å². The van der Waals surface area contributed by atoms with Gasteiger partial charge in [0.05, 0.1) is 0 Å². The van der Waals surface area contributed by atoms with Crippen molar-refractivity contribution in [1.82, 2.24) is 9.88 Å². The maximum atomic E-state index is 13.0. The molecule has 1 heterocycles. The summed E-state index contributed by atoms with van der Waals surface area (Å²) in [6, 6.07) is 25.3. The van der Waals surface area contributed by atoms with Gasteiger partial charge in [-0.3, -0.25) is 19.0 Å². The number of aromatic nitrogens is 1. The molecule has 0 spiro atoms. The number of pyridine rings is 1. The van der Waals surface area contributed by atoms with Gasteiger partial charge < -0.3 is 10.6 Å². The second-order valence-corrected chi connectivity index (χ2v) is 8.08. The van der Waals surface area contributed by atoms with Gasteiger partial charge in [-0.2, -0.15) is 0 Å². The number of nitrogens with zero attached hydrogens (tertiary/aromatic N) is 1. The van der Waals surface area contributed by atoms with Crippen LogP contribution in [0.1, 0.15) is 37.4 Å². The summed E-state index contributed by atoms with van der Waals surface area (Å²) in [5.41, 5.74) is 4.43. The van der Waals surface area contributed by atoms with Gasteiger partial charge >= 0.3 is 0 Å². The van der Waals surface area contributed by atoms with E-state index >= 15 is 0 Å². The zero-order valence-electron chi connectivity index (χ0n) is 19.0. The molecule has 0 radical (unpaired) electrons. The Morgan fingerprint density at radius 1 is 0.765 bits per heavy atom. The van der Waals surface area contributed by atoms with Gasteiger partial charge in [0.15, 0.2) is 0 Å². The van der Waals surface area contributed by atoms with E-state index in [2.05, 4.69) is 10.6 Å². The first-order valence-electron chi connectivity index (χ1n) is 11.0. The monoisotopic (exact) mass is 451 g/mol. The lowest BCUT2D eigenvalue weighted by atomic mass is 10.1. The third kappa shape index (κ3) is 5.13. The third-order valence-corrected chi connectivity index (χ3v) is 5.56. The number of aryl methyl sites for hydroxylation is 2. The van der Waals surface area contributed by atoms with Crippen molar-refractivity contribution in [2.24, 2.45) is 0 Å². The molecule has 3 aromatic carbocycles. The normalized spacial score (nSPS) is 10.5. The molecule has 6 nitrogen and oxygen atoms in total. The van der Waals surface area contributed by atoms with Crippen LogP contribution in [0.3, 0.4) is 0 Å². The lowest BCUT2D eigenvalue weighted by molar-refractivity contribution is 0.0948. The Bertz CT molecular complexity index is 1390. The Hall–Kier alpha value is -4.45. The fourth-order valence-corrected chi connectivity index (χ4v) is 3.59. The van der Waals surface area contributed by atoms with Gasteiger partial charge in [-0.15, -0.1) is 0 Å². The highest BCUT2D eigenvalue weighted by molar-refractivity contribution is 6.05. The van der Waals surface area contributed by atoms with Crippen LogP contribution in [-0.2, 0) is 6.54 Å². The molecule has 2 amide bonds. The fourth-order valence-electron chi connectivity index (χ4n) is 3.59. The van der Waals surface area contributed by atoms with Gasteiger partial charge in [0, 0.05) is 29.7 Å². The summed E-state index contributed by atoms with van der Waals surface area (Å²) in [4.78, 5) is 38.2. The van der Waals surface area contributed by atoms with Gasteiger partial charge in [-0.25, -0.2) is 0 Å². The minimum absolute atomic E-state index is 0.0616. The molecule has 170 valence electrons. The van der Waals surface area contributed by atoms with Crippen LogP contribution in [0.5, 0.6) is 0 Å². The maximum absolute atomic E-state index is 13.0. The van der Waals surface area contributed by atoms with Crippen LogP contribution >= 0.6 is 0 Å². The molecule has 0 unspecified atom stereocenters. The summed E-state index contributed by atoms with van der Waals surface area (Å²) >= 11 is 0. The summed E-state index contributed by atoms with van der Waals surface area (Å²) in [5.74, 6) is -0.627. The Balaban J connectivity index is 1.48. The number of nitrogens with one attached hydrogen (secondary N) is 2. The number of carbonyl (C=O) groups is 2. The van der Waals surface area contributed by atoms with Crippen LogP contribution in [0, 0.1) is 13.8 Å². The molecule has 0 saturated heterocycles. The average Bonchev–Trinajstić information content (AvgIpc) is 2.84. The lowest BCUT2D eigenvalue weighted by Gasteiger charge is -2.11. The second-order valence-electron chi connectivity index (χ2n) is 8.08. The van der Waals surface area contributed by atoms with E-state index in [-0.39, 0.29) is 11.5 Å². The second kappa shape index (κ2) is 10.0. The van der Waals surface area contributed by atoms with Crippen LogP contribution in [-0.4, -0.2) is 16.4 Å². The molecular weight excluding hydrogens is 426 g/mol. The van der Waals surface area contributed by atoms with Crippen LogP contribution < -0.4 is 16.2 Å². The van der Waals surface area contributed by atoms with E-state index in [1.165, 1.54) is 10.6 Å². The predicted molar refractivity (Wildman–Crippen MR) is 134 cm³/mol. The van der Waals surface area contributed by atoms with Crippen LogP contribution in [0.15, 0.2) is 95.9 Å². The molecule has 0 bridgehead atoms. The van der Waals surface area contributed by atoms with E-state index < -0.39 is 11.5 Å². The van der Waals surface area contributed by atoms with Gasteiger partial charge in [-0.1, -0.05) is 48.0 Å². The quantitative estimate of drug-likeness (QED) is 0.448. The average molecular weight is 452 g/mol. The molecule has 0 fully saturated rings. The lowest BCUT2D eigenvalue weighted by Crippen LogP contribution is -2.31. The summed E-state index contributed by atoms with van der Waals surface area (Å²) in [6.07, 6.45) is 1.61. The van der Waals surface area contributed by atoms with Crippen molar-refractivity contribution in [3.8, 4) is 5.69 Å². The van der Waals surface area contributed by atoms with Crippen molar-refractivity contribution in [3.63, 3.8) is 0 Å². The first-order valence-corrected chi connectivity index (χ1v) is 11.0. The fraction of sp³-hybridized carbons (Fsp3) is 0.107. The number of carbonyl (C=O) groups excluding carboxylic acids is 2. The summed E-state index contributed by atoms with van der Waals surface area (Å²) < 4.78 is 1.41. The van der Waals surface area contributed by atoms with Gasteiger partial charge in [-0.05, 0) is 67.4 Å². The molecule has 1 aromatic heterocycles. The minimum Gasteiger partial charge on any atom is -0.348 e. The van der Waals surface area contributed by atoms with Crippen molar-refractivity contribution in [1.29, 1.82) is 0 Å². The highest BCUT2D eigenvalue weighted by atomic mass is 16.2. The molecule has 34 heavy (non-hydrogen) atoms. The van der Waals surface area contributed by atoms with Crippen LogP contribution in [0.2, 0.25) is 0 Å². The first kappa shape index (κ1) is 22.7. The highest BCUT2D eigenvalue weighted by Gasteiger charge is 2.13. The minimum atomic E-state index is -0.429. The van der Waals surface area contributed by atoms with Crippen LogP contribution in [0.25, 0.3) is 5.69 Å². The zero-order valence-corrected chi connectivity index (χ0v) is 19.0. The van der Waals surface area contributed by atoms with E-state index in [1.54, 1.807) is 42.6 Å². The Kier molecular flexibility index (Phi) is 6.69. The third-order valence-electron chi connectivity index (χ3n) is 5.56. The molecule has 4 rings (SSSR count). The molecule has 0 aliphatic rings. The predicted octanol–water partition coefficient (Wildman–Crippen LogP) is 4.64. The molecule has 4 aromatic rings. The van der Waals surface area contributed by atoms with Gasteiger partial charge in [0.25, 0.3) is 17.4 Å². The summed E-state index contributed by atoms with van der Waals surface area (Å²) in [6.45, 7) is 4.22. The van der Waals surface area contributed by atoms with E-state index in [4.69, 9.17) is 0 Å². The Morgan fingerprint density at radius 3 is 2.15 bits per heavy atom. The van der Waals surface area contributed by atoms with E-state index in [9.17, 15) is 14.4 Å². The largest absolute Gasteiger partial charge is 0.348 e. The number of anilines is 1. The van der Waals surface area contributed by atoms with E-state index in [1.807, 2.05) is 56.3 Å². The molecule has 0 saturated carbocycles. The number of amides is 2. The standard InChI is InChI=1S/C28H25N3O3/c1-19-9-11-21(12-10-19)18-29-26(32)25-8-5-17-31(28(25)34)23-15-13-22(14-16-23)30-27(33)24-7-4-3-6-20(24)2/h3-17H,18H2,1-2H3,(H,29,32)(H,30,33). The van der Waals surface area contributed by atoms with Gasteiger partial charge in [0.1, 0.15) is 5.56 Å². The molecule has 2 N–H and O–H groups in total. The van der Waals surface area contributed by atoms with Crippen LogP contribution in [0.4, 0.5) is 5.69 Å². The number of hydrogen-bond acceptors (Lipinski definition) is 3. The zero-order chi connectivity index (χ0) is 24.1. The molecule has 0 aliphatic carbocycles. The molecule has 6 heteroatoms. The van der Waals surface area contributed by atoms with Crippen molar-refractivity contribution in [2.75, 3.05) is 5.32 Å². The number of hydrogen-bond donors (Lipinski definition) is 2. The molecule has 0 aliphatic heterocycles. The topological polar surface area (TPSA) is 80.2 Å². The maximum Gasteiger partial charge on any atom is 0.267 e. The van der Waals surface area contributed by atoms with Crippen molar-refractivity contribution >= 4 is 17.5 Å². The van der Waals surface area contributed by atoms with Crippen molar-refractivity contribution in [2.45, 2.75) is 20.4 Å². The van der Waals surface area contributed by atoms with Crippen molar-refractivity contribution in [3.05, 3.63) is 129 Å². The van der Waals surface area contributed by atoms with E-state index in [0.29, 0.717) is 23.5 Å². The Labute approximate surface area is 197 Å². The highest BCUT2D eigenvalue weighted by Crippen LogP contribution is 2.15. The number of benzene rings is 3. The summed E-state index contributed by atoms with van der Waals surface area (Å²) in [5, 5.41) is 5.67. The van der Waals surface area contributed by atoms with Crippen molar-refractivity contribution < 1.29 is 9.59 Å². The molecular formula is C28H25N3O3. The first-order chi connectivity index (χ1) is 16.4. The number of rotatable bonds is 6. The molecule has 0 atom stereocenters. The Morgan fingerprint density at radius 2 is 1.44 bits per heavy atom.